The Morgan fingerprint density at radius 3 is 1.84 bits per heavy atom. The van der Waals surface area contributed by atoms with Gasteiger partial charge < -0.3 is 21.9 Å². The number of aromatic nitrogens is 2. The average molecular weight is 686 g/mol. The van der Waals surface area contributed by atoms with Gasteiger partial charge in [0.2, 0.25) is 0 Å². The molecule has 0 atom stereocenters. The maximum atomic E-state index is 11.0. The van der Waals surface area contributed by atoms with Crippen LogP contribution in [0.4, 0.5) is 17.5 Å². The summed E-state index contributed by atoms with van der Waals surface area (Å²) in [5, 5.41) is 0. The first kappa shape index (κ1) is 26.6. The Morgan fingerprint density at radius 2 is 1.44 bits per heavy atom. The number of nitrogen functional groups attached to an aromatic ring is 3. The predicted molar refractivity (Wildman–Crippen MR) is 117 cm³/mol. The van der Waals surface area contributed by atoms with Crippen LogP contribution in [0.3, 0.4) is 0 Å². The number of aryl methyl sites for hydroxylation is 2. The molecule has 2 heterocycles. The van der Waals surface area contributed by atoms with Crippen molar-refractivity contribution in [3.8, 4) is 0 Å². The van der Waals surface area contributed by atoms with Crippen molar-refractivity contribution in [3.63, 3.8) is 0 Å². The van der Waals surface area contributed by atoms with Crippen LogP contribution in [0.2, 0.25) is 0 Å². The predicted octanol–water partition coefficient (Wildman–Crippen LogP) is 0.725. The van der Waals surface area contributed by atoms with Crippen LogP contribution in [0.1, 0.15) is 29.0 Å². The third-order valence-electron chi connectivity index (χ3n) is 2.65. The minimum atomic E-state index is -0.459. The second kappa shape index (κ2) is 14.5. The first-order valence-electron chi connectivity index (χ1n) is 6.43. The van der Waals surface area contributed by atoms with Gasteiger partial charge in [0.15, 0.2) is 5.69 Å². The number of carbonyl (C=O) groups is 1. The SMILES string of the molecule is C.COC(=O)c1nc(N)ccc1C.Cc1ccc(N)nc1N.I[I-]I. The van der Waals surface area contributed by atoms with Crippen LogP contribution in [0.25, 0.3) is 0 Å². The molecule has 0 unspecified atom stereocenters. The molecule has 7 nitrogen and oxygen atoms in total. The van der Waals surface area contributed by atoms with Gasteiger partial charge in [0, 0.05) is 0 Å². The molecule has 0 aromatic carbocycles. The van der Waals surface area contributed by atoms with E-state index < -0.39 is 5.97 Å². The molecule has 0 aliphatic rings. The number of rotatable bonds is 1. The first-order chi connectivity index (χ1) is 11.3. The summed E-state index contributed by atoms with van der Waals surface area (Å²) in [5.74, 6) is 0.842. The van der Waals surface area contributed by atoms with E-state index >= 15 is 0 Å². The molecule has 0 saturated carbocycles. The molecule has 0 aliphatic heterocycles. The van der Waals surface area contributed by atoms with E-state index in [0.29, 0.717) is 30.7 Å². The Balaban J connectivity index is 0. The van der Waals surface area contributed by atoms with Crippen molar-refractivity contribution in [1.29, 1.82) is 0 Å². The van der Waals surface area contributed by atoms with Gasteiger partial charge in [-0.25, -0.2) is 14.8 Å². The summed E-state index contributed by atoms with van der Waals surface area (Å²) in [5.41, 5.74) is 18.2. The van der Waals surface area contributed by atoms with Gasteiger partial charge in [-0.2, -0.15) is 0 Å². The fourth-order valence-electron chi connectivity index (χ4n) is 1.41. The van der Waals surface area contributed by atoms with E-state index in [4.69, 9.17) is 17.2 Å². The van der Waals surface area contributed by atoms with Crippen molar-refractivity contribution >= 4 is 60.7 Å². The summed E-state index contributed by atoms with van der Waals surface area (Å²) in [6, 6.07) is 6.94. The van der Waals surface area contributed by atoms with E-state index in [1.54, 1.807) is 25.1 Å². The Bertz CT molecular complexity index is 672. The summed E-state index contributed by atoms with van der Waals surface area (Å²) in [4.78, 5) is 18.7. The second-order valence-electron chi connectivity index (χ2n) is 4.39. The summed E-state index contributed by atoms with van der Waals surface area (Å²) >= 11 is 5.30. The fourth-order valence-corrected chi connectivity index (χ4v) is 1.41. The van der Waals surface area contributed by atoms with Gasteiger partial charge in [-0.15, -0.1) is 0 Å². The van der Waals surface area contributed by atoms with Gasteiger partial charge in [0.25, 0.3) is 0 Å². The topological polar surface area (TPSA) is 130 Å². The van der Waals surface area contributed by atoms with Crippen molar-refractivity contribution in [3.05, 3.63) is 41.1 Å². The number of nitrogens with zero attached hydrogens (tertiary/aromatic N) is 2. The molecule has 10 heteroatoms. The summed E-state index contributed by atoms with van der Waals surface area (Å²) in [6.45, 7) is 3.67. The van der Waals surface area contributed by atoms with Gasteiger partial charge in [-0.3, -0.25) is 0 Å². The standard InChI is InChI=1S/C8H10N2O2.C6H9N3.CH4.I3/c1-5-3-4-6(9)10-7(5)8(11)12-2;1-4-2-3-5(7)9-6(4)8;;1-3-2/h3-4H,1-2H3,(H2,9,10);2-3H,1H3,(H4,7,8,9);1H4;/q;;;-1. The van der Waals surface area contributed by atoms with Crippen LogP contribution in [0.15, 0.2) is 24.3 Å². The molecule has 0 bridgehead atoms. The van der Waals surface area contributed by atoms with Crippen LogP contribution in [-0.2, 0) is 4.74 Å². The minimum absolute atomic E-state index is 0. The van der Waals surface area contributed by atoms with Crippen LogP contribution >= 0.6 is 37.2 Å². The van der Waals surface area contributed by atoms with Crippen molar-refractivity contribution in [2.24, 2.45) is 0 Å². The van der Waals surface area contributed by atoms with E-state index in [1.807, 2.05) is 13.0 Å². The Kier molecular flexibility index (Phi) is 15.4. The zero-order chi connectivity index (χ0) is 18.7. The number of hydrogen-bond donors (Lipinski definition) is 3. The Hall–Kier alpha value is -0.640. The number of ether oxygens (including phenoxy) is 1. The molecular formula is C15H23I3N5O2-. The Labute approximate surface area is 178 Å². The molecule has 0 radical (unpaired) electrons. The van der Waals surface area contributed by atoms with E-state index in [1.165, 1.54) is 7.11 Å². The number of halogens is 3. The molecule has 0 spiro atoms. The van der Waals surface area contributed by atoms with Crippen LogP contribution < -0.4 is 30.5 Å². The Morgan fingerprint density at radius 1 is 1.00 bits per heavy atom. The number of esters is 1. The molecule has 2 aromatic heterocycles. The number of carbonyl (C=O) groups excluding carboxylic acids is 1. The molecular weight excluding hydrogens is 663 g/mol. The van der Waals surface area contributed by atoms with Gasteiger partial charge in [-0.05, 0) is 37.1 Å². The average Bonchev–Trinajstić information content (AvgIpc) is 2.54. The van der Waals surface area contributed by atoms with E-state index in [9.17, 15) is 4.79 Å². The molecule has 0 aliphatic carbocycles. The van der Waals surface area contributed by atoms with Crippen molar-refractivity contribution < 1.29 is 22.8 Å². The summed E-state index contributed by atoms with van der Waals surface area (Å²) in [6.07, 6.45) is 0. The second-order valence-corrected chi connectivity index (χ2v) is 20.6. The van der Waals surface area contributed by atoms with Gasteiger partial charge in [0.05, 0.1) is 7.11 Å². The van der Waals surface area contributed by atoms with Crippen molar-refractivity contribution in [1.82, 2.24) is 9.97 Å². The van der Waals surface area contributed by atoms with Gasteiger partial charge in [-0.1, -0.05) is 19.6 Å². The number of pyridine rings is 2. The molecule has 2 aromatic rings. The fraction of sp³-hybridized carbons (Fsp3) is 0.267. The summed E-state index contributed by atoms with van der Waals surface area (Å²) in [7, 11) is 1.31. The molecule has 0 amide bonds. The monoisotopic (exact) mass is 686 g/mol. The molecule has 142 valence electrons. The third-order valence-corrected chi connectivity index (χ3v) is 2.65. The zero-order valence-corrected chi connectivity index (χ0v) is 19.9. The van der Waals surface area contributed by atoms with E-state index in [0.717, 1.165) is 11.1 Å². The first-order valence-corrected chi connectivity index (χ1v) is 19.0. The number of hydrogen-bond acceptors (Lipinski definition) is 7. The number of anilines is 3. The summed E-state index contributed by atoms with van der Waals surface area (Å²) < 4.78 is 4.52. The van der Waals surface area contributed by atoms with Crippen molar-refractivity contribution in [2.45, 2.75) is 21.3 Å². The van der Waals surface area contributed by atoms with Crippen molar-refractivity contribution in [2.75, 3.05) is 24.3 Å². The molecule has 6 N–H and O–H groups in total. The van der Waals surface area contributed by atoms with E-state index in [-0.39, 0.29) is 13.1 Å². The molecule has 0 fully saturated rings. The van der Waals surface area contributed by atoms with Gasteiger partial charge in [0.1, 0.15) is 17.5 Å². The van der Waals surface area contributed by atoms with Crippen LogP contribution in [0, 0.1) is 13.8 Å². The molecule has 0 saturated heterocycles. The maximum absolute atomic E-state index is 11.0. The van der Waals surface area contributed by atoms with Gasteiger partial charge >= 0.3 is 56.5 Å². The zero-order valence-electron chi connectivity index (χ0n) is 13.4. The third kappa shape index (κ3) is 10.8. The molecule has 25 heavy (non-hydrogen) atoms. The van der Waals surface area contributed by atoms with Crippen LogP contribution in [-0.4, -0.2) is 23.0 Å². The molecule has 2 rings (SSSR count). The van der Waals surface area contributed by atoms with Crippen LogP contribution in [0.5, 0.6) is 0 Å². The number of methoxy groups -OCH3 is 1. The normalized spacial score (nSPS) is 8.84. The number of nitrogens with two attached hydrogens (primary N) is 3. The quantitative estimate of drug-likeness (QED) is 0.298. The van der Waals surface area contributed by atoms with E-state index in [2.05, 4.69) is 51.9 Å².